The Morgan fingerprint density at radius 2 is 2.25 bits per heavy atom. The molecule has 3 nitrogen and oxygen atoms in total. The number of aromatic nitrogens is 2. The van der Waals surface area contributed by atoms with Crippen molar-refractivity contribution in [1.29, 1.82) is 0 Å². The number of nitrogens with zero attached hydrogens (tertiary/aromatic N) is 2. The number of hydrogen-bond acceptors (Lipinski definition) is 2. The Bertz CT molecular complexity index is 555. The van der Waals surface area contributed by atoms with Gasteiger partial charge in [0.05, 0.1) is 5.52 Å². The Hall–Kier alpha value is -1.06. The van der Waals surface area contributed by atoms with Gasteiger partial charge in [-0.25, -0.2) is 0 Å². The molecular weight excluding hydrogens is 222 g/mol. The second-order valence-corrected chi connectivity index (χ2v) is 4.85. The van der Waals surface area contributed by atoms with E-state index < -0.39 is 0 Å². The smallest absolute Gasteiger partial charge is 0.158 e. The third-order valence-electron chi connectivity index (χ3n) is 3.37. The van der Waals surface area contributed by atoms with Gasteiger partial charge in [-0.1, -0.05) is 17.7 Å². The molecule has 16 heavy (non-hydrogen) atoms. The van der Waals surface area contributed by atoms with Crippen LogP contribution in [0.15, 0.2) is 18.2 Å². The van der Waals surface area contributed by atoms with Crippen LogP contribution in [0.5, 0.6) is 0 Å². The highest BCUT2D eigenvalue weighted by atomic mass is 35.5. The van der Waals surface area contributed by atoms with Crippen molar-refractivity contribution in [2.24, 2.45) is 5.73 Å². The third-order valence-corrected chi connectivity index (χ3v) is 3.65. The van der Waals surface area contributed by atoms with Crippen molar-refractivity contribution in [2.75, 3.05) is 0 Å². The highest BCUT2D eigenvalue weighted by Crippen LogP contribution is 2.43. The molecule has 4 heteroatoms. The molecule has 1 fully saturated rings. The lowest BCUT2D eigenvalue weighted by Gasteiger charge is -2.08. The van der Waals surface area contributed by atoms with Gasteiger partial charge in [0.2, 0.25) is 0 Å². The van der Waals surface area contributed by atoms with Gasteiger partial charge in [0.15, 0.2) is 5.15 Å². The summed E-state index contributed by atoms with van der Waals surface area (Å²) in [5, 5.41) is 5.88. The summed E-state index contributed by atoms with van der Waals surface area (Å²) >= 11 is 6.13. The van der Waals surface area contributed by atoms with Crippen LogP contribution in [0.1, 0.15) is 25.3 Å². The van der Waals surface area contributed by atoms with Crippen molar-refractivity contribution in [3.05, 3.63) is 28.9 Å². The molecule has 3 rings (SSSR count). The first kappa shape index (κ1) is 10.1. The first-order valence-corrected chi connectivity index (χ1v) is 5.97. The van der Waals surface area contributed by atoms with Crippen LogP contribution in [0, 0.1) is 0 Å². The second kappa shape index (κ2) is 3.22. The van der Waals surface area contributed by atoms with Gasteiger partial charge in [0.25, 0.3) is 0 Å². The fraction of sp³-hybridized carbons (Fsp3) is 0.417. The molecule has 0 radical (unpaired) electrons. The van der Waals surface area contributed by atoms with Gasteiger partial charge in [-0.3, -0.25) is 4.68 Å². The van der Waals surface area contributed by atoms with E-state index in [1.165, 1.54) is 5.56 Å². The molecule has 0 bridgehead atoms. The van der Waals surface area contributed by atoms with E-state index >= 15 is 0 Å². The summed E-state index contributed by atoms with van der Waals surface area (Å²) in [6.07, 6.45) is 2.14. The fourth-order valence-electron chi connectivity index (χ4n) is 2.11. The molecule has 0 aliphatic heterocycles. The van der Waals surface area contributed by atoms with Crippen molar-refractivity contribution in [3.8, 4) is 0 Å². The molecule has 1 saturated carbocycles. The zero-order valence-corrected chi connectivity index (χ0v) is 9.96. The van der Waals surface area contributed by atoms with E-state index in [1.807, 2.05) is 4.68 Å². The molecule has 0 amide bonds. The average Bonchev–Trinajstić information content (AvgIpc) is 2.96. The van der Waals surface area contributed by atoms with Crippen LogP contribution in [0.25, 0.3) is 10.9 Å². The summed E-state index contributed by atoms with van der Waals surface area (Å²) in [6, 6.07) is 6.25. The number of benzene rings is 1. The maximum atomic E-state index is 6.18. The molecule has 0 spiro atoms. The van der Waals surface area contributed by atoms with Gasteiger partial charge in [-0.2, -0.15) is 5.10 Å². The molecule has 1 aliphatic carbocycles. The Labute approximate surface area is 99.2 Å². The van der Waals surface area contributed by atoms with Gasteiger partial charge < -0.3 is 5.73 Å². The molecule has 1 aromatic heterocycles. The molecule has 1 aromatic carbocycles. The molecule has 0 saturated heterocycles. The average molecular weight is 236 g/mol. The standard InChI is InChI=1S/C12H14ClN3/c1-2-16-10-4-3-8(12(14)5-6-12)7-9(10)11(13)15-16/h3-4,7H,2,5-6,14H2,1H3. The summed E-state index contributed by atoms with van der Waals surface area (Å²) in [6.45, 7) is 2.89. The number of fused-ring (bicyclic) bond motifs is 1. The van der Waals surface area contributed by atoms with Crippen LogP contribution in [0.3, 0.4) is 0 Å². The first-order chi connectivity index (χ1) is 7.64. The van der Waals surface area contributed by atoms with Crippen molar-refractivity contribution in [2.45, 2.75) is 31.8 Å². The van der Waals surface area contributed by atoms with Crippen LogP contribution < -0.4 is 5.73 Å². The van der Waals surface area contributed by atoms with E-state index in [-0.39, 0.29) is 5.54 Å². The Morgan fingerprint density at radius 3 is 2.88 bits per heavy atom. The Kier molecular flexibility index (Phi) is 2.03. The lowest BCUT2D eigenvalue weighted by molar-refractivity contribution is 0.684. The maximum absolute atomic E-state index is 6.18. The lowest BCUT2D eigenvalue weighted by atomic mass is 10.0. The molecule has 1 aliphatic rings. The summed E-state index contributed by atoms with van der Waals surface area (Å²) < 4.78 is 1.91. The quantitative estimate of drug-likeness (QED) is 0.870. The minimum atomic E-state index is -0.105. The summed E-state index contributed by atoms with van der Waals surface area (Å²) in [5.41, 5.74) is 8.33. The topological polar surface area (TPSA) is 43.8 Å². The molecule has 0 atom stereocenters. The molecule has 84 valence electrons. The zero-order valence-electron chi connectivity index (χ0n) is 9.20. The van der Waals surface area contributed by atoms with Crippen LogP contribution in [-0.2, 0) is 12.1 Å². The zero-order chi connectivity index (χ0) is 11.3. The lowest BCUT2D eigenvalue weighted by Crippen LogP contribution is -2.18. The molecule has 0 unspecified atom stereocenters. The van der Waals surface area contributed by atoms with Gasteiger partial charge in [0, 0.05) is 17.5 Å². The summed E-state index contributed by atoms with van der Waals surface area (Å²) in [7, 11) is 0. The van der Waals surface area contributed by atoms with Crippen LogP contribution in [0.4, 0.5) is 0 Å². The van der Waals surface area contributed by atoms with E-state index in [0.717, 1.165) is 30.3 Å². The van der Waals surface area contributed by atoms with Gasteiger partial charge in [-0.05, 0) is 37.5 Å². The van der Waals surface area contributed by atoms with Crippen molar-refractivity contribution in [1.82, 2.24) is 9.78 Å². The second-order valence-electron chi connectivity index (χ2n) is 4.49. The van der Waals surface area contributed by atoms with E-state index in [0.29, 0.717) is 5.15 Å². The molecule has 2 N–H and O–H groups in total. The van der Waals surface area contributed by atoms with Crippen molar-refractivity contribution in [3.63, 3.8) is 0 Å². The Morgan fingerprint density at radius 1 is 1.50 bits per heavy atom. The number of halogens is 1. The predicted octanol–water partition coefficient (Wildman–Crippen LogP) is 2.66. The van der Waals surface area contributed by atoms with Gasteiger partial charge >= 0.3 is 0 Å². The first-order valence-electron chi connectivity index (χ1n) is 5.59. The SMILES string of the molecule is CCn1nc(Cl)c2cc(C3(N)CC3)ccc21. The normalized spacial score (nSPS) is 17.9. The minimum Gasteiger partial charge on any atom is -0.321 e. The predicted molar refractivity (Wildman–Crippen MR) is 65.5 cm³/mol. The van der Waals surface area contributed by atoms with Crippen LogP contribution >= 0.6 is 11.6 Å². The van der Waals surface area contributed by atoms with Crippen molar-refractivity contribution < 1.29 is 0 Å². The van der Waals surface area contributed by atoms with Crippen molar-refractivity contribution >= 4 is 22.5 Å². The van der Waals surface area contributed by atoms with Gasteiger partial charge in [0.1, 0.15) is 0 Å². The minimum absolute atomic E-state index is 0.105. The molecule has 1 heterocycles. The maximum Gasteiger partial charge on any atom is 0.158 e. The van der Waals surface area contributed by atoms with E-state index in [2.05, 4.69) is 30.2 Å². The highest BCUT2D eigenvalue weighted by Gasteiger charge is 2.40. The number of hydrogen-bond donors (Lipinski definition) is 1. The van der Waals surface area contributed by atoms with Gasteiger partial charge in [-0.15, -0.1) is 0 Å². The van der Waals surface area contributed by atoms with E-state index in [1.54, 1.807) is 0 Å². The largest absolute Gasteiger partial charge is 0.321 e. The molecule has 2 aromatic rings. The van der Waals surface area contributed by atoms with Crippen LogP contribution in [0.2, 0.25) is 5.15 Å². The number of rotatable bonds is 2. The molecular formula is C12H14ClN3. The number of nitrogens with two attached hydrogens (primary N) is 1. The highest BCUT2D eigenvalue weighted by molar-refractivity contribution is 6.34. The van der Waals surface area contributed by atoms with E-state index in [4.69, 9.17) is 17.3 Å². The van der Waals surface area contributed by atoms with E-state index in [9.17, 15) is 0 Å². The summed E-state index contributed by atoms with van der Waals surface area (Å²) in [5.74, 6) is 0. The van der Waals surface area contributed by atoms with Crippen LogP contribution in [-0.4, -0.2) is 9.78 Å². The monoisotopic (exact) mass is 235 g/mol. The fourth-order valence-corrected chi connectivity index (χ4v) is 2.36. The number of aryl methyl sites for hydroxylation is 1. The summed E-state index contributed by atoms with van der Waals surface area (Å²) in [4.78, 5) is 0. The Balaban J connectivity index is 2.21. The third kappa shape index (κ3) is 1.35.